The van der Waals surface area contributed by atoms with Crippen molar-refractivity contribution < 1.29 is 9.53 Å². The minimum Gasteiger partial charge on any atom is -0.468 e. The zero-order valence-electron chi connectivity index (χ0n) is 10.1. The Morgan fingerprint density at radius 2 is 2.12 bits per heavy atom. The number of esters is 1. The first-order valence-corrected chi connectivity index (χ1v) is 5.51. The van der Waals surface area contributed by atoms with Gasteiger partial charge in [-0.05, 0) is 37.9 Å². The zero-order chi connectivity index (χ0) is 12.0. The van der Waals surface area contributed by atoms with Gasteiger partial charge in [-0.25, -0.2) is 0 Å². The van der Waals surface area contributed by atoms with Gasteiger partial charge in [0.15, 0.2) is 0 Å². The normalized spacial score (nSPS) is 12.2. The Morgan fingerprint density at radius 3 is 2.75 bits per heavy atom. The van der Waals surface area contributed by atoms with Crippen LogP contribution in [0.5, 0.6) is 0 Å². The predicted molar refractivity (Wildman–Crippen MR) is 64.4 cm³/mol. The van der Waals surface area contributed by atoms with Crippen molar-refractivity contribution in [3.8, 4) is 0 Å². The molecule has 0 aliphatic carbocycles. The molecule has 1 rings (SSSR count). The molecule has 0 aromatic heterocycles. The van der Waals surface area contributed by atoms with Crippen molar-refractivity contribution in [1.29, 1.82) is 0 Å². The van der Waals surface area contributed by atoms with E-state index in [2.05, 4.69) is 29.1 Å². The highest BCUT2D eigenvalue weighted by atomic mass is 16.5. The number of nitrogens with one attached hydrogen (secondary N) is 1. The van der Waals surface area contributed by atoms with Crippen molar-refractivity contribution in [3.05, 3.63) is 35.4 Å². The molecule has 1 unspecified atom stereocenters. The summed E-state index contributed by atoms with van der Waals surface area (Å²) in [5, 5.41) is 3.13. The monoisotopic (exact) mass is 221 g/mol. The number of hydrogen-bond donors (Lipinski definition) is 1. The van der Waals surface area contributed by atoms with Crippen LogP contribution in [-0.4, -0.2) is 25.7 Å². The van der Waals surface area contributed by atoms with E-state index in [1.165, 1.54) is 18.2 Å². The maximum absolute atomic E-state index is 11.1. The molecule has 1 aromatic rings. The molecular formula is C13H19NO2. The average molecular weight is 221 g/mol. The number of carbonyl (C=O) groups is 1. The Balaban J connectivity index is 2.36. The molecule has 0 aliphatic rings. The van der Waals surface area contributed by atoms with Crippen LogP contribution in [0.1, 0.15) is 18.1 Å². The summed E-state index contributed by atoms with van der Waals surface area (Å²) < 4.78 is 4.64. The van der Waals surface area contributed by atoms with E-state index in [9.17, 15) is 4.79 Å². The van der Waals surface area contributed by atoms with Crippen LogP contribution in [0.15, 0.2) is 24.3 Å². The average Bonchev–Trinajstić information content (AvgIpc) is 2.30. The highest BCUT2D eigenvalue weighted by Crippen LogP contribution is 2.06. The molecule has 0 aliphatic heterocycles. The number of aryl methyl sites for hydroxylation is 1. The molecule has 0 fully saturated rings. The number of methoxy groups -OCH3 is 1. The molecule has 1 atom stereocenters. The minimum atomic E-state index is -0.242. The number of benzene rings is 1. The van der Waals surface area contributed by atoms with Gasteiger partial charge in [-0.1, -0.05) is 24.3 Å². The number of rotatable bonds is 5. The summed E-state index contributed by atoms with van der Waals surface area (Å²) in [5.74, 6) is -0.218. The molecule has 16 heavy (non-hydrogen) atoms. The molecular weight excluding hydrogens is 202 g/mol. The summed E-state index contributed by atoms with van der Waals surface area (Å²) in [6, 6.07) is 8.03. The van der Waals surface area contributed by atoms with Crippen LogP contribution >= 0.6 is 0 Å². The Kier molecular flexibility index (Phi) is 4.99. The fourth-order valence-corrected chi connectivity index (χ4v) is 1.57. The first-order valence-electron chi connectivity index (χ1n) is 5.51. The first kappa shape index (κ1) is 12.7. The maximum Gasteiger partial charge on any atom is 0.322 e. The van der Waals surface area contributed by atoms with Crippen LogP contribution < -0.4 is 5.32 Å². The highest BCUT2D eigenvalue weighted by Gasteiger charge is 2.11. The van der Waals surface area contributed by atoms with E-state index in [0.29, 0.717) is 0 Å². The molecule has 0 saturated carbocycles. The quantitative estimate of drug-likeness (QED) is 0.769. The lowest BCUT2D eigenvalue weighted by atomic mass is 10.1. The van der Waals surface area contributed by atoms with E-state index >= 15 is 0 Å². The Labute approximate surface area is 96.8 Å². The fourth-order valence-electron chi connectivity index (χ4n) is 1.57. The summed E-state index contributed by atoms with van der Waals surface area (Å²) in [5.41, 5.74) is 2.60. The van der Waals surface area contributed by atoms with E-state index in [1.807, 2.05) is 19.1 Å². The maximum atomic E-state index is 11.1. The summed E-state index contributed by atoms with van der Waals surface area (Å²) in [4.78, 5) is 11.1. The highest BCUT2D eigenvalue weighted by molar-refractivity contribution is 5.75. The van der Waals surface area contributed by atoms with Crippen LogP contribution in [0.4, 0.5) is 0 Å². The molecule has 0 radical (unpaired) electrons. The lowest BCUT2D eigenvalue weighted by Gasteiger charge is -2.12. The van der Waals surface area contributed by atoms with Crippen LogP contribution in [0.3, 0.4) is 0 Å². The van der Waals surface area contributed by atoms with Gasteiger partial charge in [0.05, 0.1) is 7.11 Å². The molecule has 0 heterocycles. The molecule has 3 nitrogen and oxygen atoms in total. The second-order valence-electron chi connectivity index (χ2n) is 3.88. The second kappa shape index (κ2) is 6.28. The van der Waals surface area contributed by atoms with E-state index in [4.69, 9.17) is 0 Å². The van der Waals surface area contributed by atoms with Crippen molar-refractivity contribution in [2.24, 2.45) is 0 Å². The Bertz CT molecular complexity index is 350. The lowest BCUT2D eigenvalue weighted by molar-refractivity contribution is -0.142. The van der Waals surface area contributed by atoms with Gasteiger partial charge < -0.3 is 10.1 Å². The van der Waals surface area contributed by atoms with Crippen molar-refractivity contribution >= 4 is 5.97 Å². The second-order valence-corrected chi connectivity index (χ2v) is 3.88. The van der Waals surface area contributed by atoms with Crippen molar-refractivity contribution in [3.63, 3.8) is 0 Å². The fraction of sp³-hybridized carbons (Fsp3) is 0.462. The van der Waals surface area contributed by atoms with E-state index in [-0.39, 0.29) is 12.0 Å². The topological polar surface area (TPSA) is 38.3 Å². The molecule has 0 spiro atoms. The van der Waals surface area contributed by atoms with Crippen molar-refractivity contribution in [2.75, 3.05) is 13.7 Å². The minimum absolute atomic E-state index is 0.218. The Morgan fingerprint density at radius 1 is 1.44 bits per heavy atom. The summed E-state index contributed by atoms with van der Waals surface area (Å²) in [6.45, 7) is 4.68. The molecule has 88 valence electrons. The van der Waals surface area contributed by atoms with Gasteiger partial charge in [0.25, 0.3) is 0 Å². The van der Waals surface area contributed by atoms with Gasteiger partial charge in [0.2, 0.25) is 0 Å². The molecule has 0 saturated heterocycles. The molecule has 1 N–H and O–H groups in total. The summed E-state index contributed by atoms with van der Waals surface area (Å²) in [7, 11) is 1.40. The van der Waals surface area contributed by atoms with E-state index < -0.39 is 0 Å². The third-order valence-electron chi connectivity index (χ3n) is 2.66. The summed E-state index contributed by atoms with van der Waals surface area (Å²) >= 11 is 0. The van der Waals surface area contributed by atoms with Gasteiger partial charge in [-0.3, -0.25) is 4.79 Å². The van der Waals surface area contributed by atoms with Gasteiger partial charge >= 0.3 is 5.97 Å². The largest absolute Gasteiger partial charge is 0.468 e. The molecule has 3 heteroatoms. The van der Waals surface area contributed by atoms with Crippen molar-refractivity contribution in [1.82, 2.24) is 5.32 Å². The molecule has 0 bridgehead atoms. The third-order valence-corrected chi connectivity index (χ3v) is 2.66. The molecule has 1 aromatic carbocycles. The van der Waals surface area contributed by atoms with Gasteiger partial charge in [0.1, 0.15) is 6.04 Å². The van der Waals surface area contributed by atoms with Crippen molar-refractivity contribution in [2.45, 2.75) is 26.3 Å². The van der Waals surface area contributed by atoms with Gasteiger partial charge in [0, 0.05) is 0 Å². The number of carbonyl (C=O) groups excluding carboxylic acids is 1. The van der Waals surface area contributed by atoms with E-state index in [0.717, 1.165) is 13.0 Å². The van der Waals surface area contributed by atoms with E-state index in [1.54, 1.807) is 0 Å². The van der Waals surface area contributed by atoms with Gasteiger partial charge in [-0.15, -0.1) is 0 Å². The number of ether oxygens (including phenoxy) is 1. The lowest BCUT2D eigenvalue weighted by Crippen LogP contribution is -2.36. The smallest absolute Gasteiger partial charge is 0.322 e. The first-order chi connectivity index (χ1) is 7.65. The number of hydrogen-bond acceptors (Lipinski definition) is 3. The third kappa shape index (κ3) is 3.66. The van der Waals surface area contributed by atoms with Crippen LogP contribution in [0.2, 0.25) is 0 Å². The van der Waals surface area contributed by atoms with Gasteiger partial charge in [-0.2, -0.15) is 0 Å². The summed E-state index contributed by atoms with van der Waals surface area (Å²) in [6.07, 6.45) is 0.925. The van der Waals surface area contributed by atoms with Crippen LogP contribution in [-0.2, 0) is 16.0 Å². The van der Waals surface area contributed by atoms with Crippen LogP contribution in [0.25, 0.3) is 0 Å². The van der Waals surface area contributed by atoms with Crippen LogP contribution in [0, 0.1) is 6.92 Å². The Hall–Kier alpha value is -1.35. The molecule has 0 amide bonds. The SMILES string of the molecule is COC(=O)C(C)NCCc1ccccc1C. The predicted octanol–water partition coefficient (Wildman–Crippen LogP) is 1.69. The zero-order valence-corrected chi connectivity index (χ0v) is 10.1. The standard InChI is InChI=1S/C13H19NO2/c1-10-6-4-5-7-12(10)8-9-14-11(2)13(15)16-3/h4-7,11,14H,8-9H2,1-3H3.